The highest BCUT2D eigenvalue weighted by atomic mass is 35.5. The number of rotatable bonds is 3. The third-order valence-corrected chi connectivity index (χ3v) is 3.72. The molecule has 0 unspecified atom stereocenters. The molecule has 3 rings (SSSR count). The molecule has 1 aromatic heterocycles. The Kier molecular flexibility index (Phi) is 3.61. The Bertz CT molecular complexity index is 822. The molecule has 20 heavy (non-hydrogen) atoms. The maximum atomic E-state index is 6.31. The van der Waals surface area contributed by atoms with Gasteiger partial charge in [-0.05, 0) is 42.0 Å². The molecule has 0 aliphatic rings. The SMILES string of the molecule is COCc1cccc(-n2c(=S)[nH]c3cccc(Cl)c32)c1. The van der Waals surface area contributed by atoms with Crippen molar-refractivity contribution in [2.24, 2.45) is 0 Å². The number of aromatic nitrogens is 2. The zero-order valence-electron chi connectivity index (χ0n) is 10.9. The fourth-order valence-corrected chi connectivity index (χ4v) is 2.88. The van der Waals surface area contributed by atoms with Gasteiger partial charge in [0.05, 0.1) is 22.7 Å². The average molecular weight is 305 g/mol. The van der Waals surface area contributed by atoms with Gasteiger partial charge < -0.3 is 9.72 Å². The number of hydrogen-bond acceptors (Lipinski definition) is 2. The normalized spacial score (nSPS) is 11.1. The van der Waals surface area contributed by atoms with Crippen molar-refractivity contribution in [1.29, 1.82) is 0 Å². The molecule has 0 spiro atoms. The van der Waals surface area contributed by atoms with Crippen LogP contribution in [-0.4, -0.2) is 16.7 Å². The summed E-state index contributed by atoms with van der Waals surface area (Å²) < 4.78 is 7.75. The standard InChI is InChI=1S/C15H13ClN2OS/c1-19-9-10-4-2-5-11(8-10)18-14-12(16)6-3-7-13(14)17-15(18)20/h2-8H,9H2,1H3,(H,17,20). The number of H-pyrrole nitrogens is 1. The number of methoxy groups -OCH3 is 1. The van der Waals surface area contributed by atoms with E-state index in [1.165, 1.54) is 0 Å². The van der Waals surface area contributed by atoms with E-state index in [0.29, 0.717) is 16.4 Å². The molecule has 2 aromatic carbocycles. The third-order valence-electron chi connectivity index (χ3n) is 3.13. The highest BCUT2D eigenvalue weighted by molar-refractivity contribution is 7.71. The van der Waals surface area contributed by atoms with Crippen molar-refractivity contribution in [3.05, 3.63) is 57.8 Å². The summed E-state index contributed by atoms with van der Waals surface area (Å²) >= 11 is 11.7. The molecule has 0 fully saturated rings. The molecule has 1 heterocycles. The number of nitrogens with zero attached hydrogens (tertiary/aromatic N) is 1. The molecule has 0 aliphatic heterocycles. The van der Waals surface area contributed by atoms with Crippen LogP contribution in [0, 0.1) is 4.77 Å². The van der Waals surface area contributed by atoms with Crippen molar-refractivity contribution in [3.8, 4) is 5.69 Å². The predicted octanol–water partition coefficient (Wildman–Crippen LogP) is 4.49. The summed E-state index contributed by atoms with van der Waals surface area (Å²) in [5, 5.41) is 0.673. The number of benzene rings is 2. The fraction of sp³-hybridized carbons (Fsp3) is 0.133. The minimum Gasteiger partial charge on any atom is -0.380 e. The lowest BCUT2D eigenvalue weighted by Gasteiger charge is -2.08. The van der Waals surface area contributed by atoms with Crippen LogP contribution in [-0.2, 0) is 11.3 Å². The van der Waals surface area contributed by atoms with Crippen molar-refractivity contribution >= 4 is 34.9 Å². The van der Waals surface area contributed by atoms with Crippen LogP contribution in [0.25, 0.3) is 16.7 Å². The minimum absolute atomic E-state index is 0.567. The zero-order chi connectivity index (χ0) is 14.1. The number of para-hydroxylation sites is 1. The summed E-state index contributed by atoms with van der Waals surface area (Å²) in [7, 11) is 1.68. The smallest absolute Gasteiger partial charge is 0.182 e. The molecule has 0 radical (unpaired) electrons. The molecular formula is C15H13ClN2OS. The minimum atomic E-state index is 0.567. The van der Waals surface area contributed by atoms with E-state index in [1.54, 1.807) is 7.11 Å². The van der Waals surface area contributed by atoms with Gasteiger partial charge in [0.2, 0.25) is 0 Å². The third kappa shape index (κ3) is 2.26. The number of ether oxygens (including phenoxy) is 1. The van der Waals surface area contributed by atoms with E-state index in [2.05, 4.69) is 11.1 Å². The van der Waals surface area contributed by atoms with Crippen molar-refractivity contribution < 1.29 is 4.74 Å². The van der Waals surface area contributed by atoms with Crippen LogP contribution in [0.4, 0.5) is 0 Å². The van der Waals surface area contributed by atoms with E-state index >= 15 is 0 Å². The fourth-order valence-electron chi connectivity index (χ4n) is 2.31. The molecular weight excluding hydrogens is 292 g/mol. The number of aromatic amines is 1. The monoisotopic (exact) mass is 304 g/mol. The molecule has 0 aliphatic carbocycles. The average Bonchev–Trinajstić information content (AvgIpc) is 2.77. The molecule has 0 atom stereocenters. The highest BCUT2D eigenvalue weighted by Crippen LogP contribution is 2.26. The molecule has 102 valence electrons. The Morgan fingerprint density at radius 2 is 2.05 bits per heavy atom. The van der Waals surface area contributed by atoms with Crippen molar-refractivity contribution in [1.82, 2.24) is 9.55 Å². The lowest BCUT2D eigenvalue weighted by atomic mass is 10.2. The van der Waals surface area contributed by atoms with Crippen LogP contribution >= 0.6 is 23.8 Å². The Morgan fingerprint density at radius 3 is 2.85 bits per heavy atom. The summed E-state index contributed by atoms with van der Waals surface area (Å²) in [6.07, 6.45) is 0. The first kappa shape index (κ1) is 13.4. The summed E-state index contributed by atoms with van der Waals surface area (Å²) in [4.78, 5) is 3.18. The van der Waals surface area contributed by atoms with Gasteiger partial charge in [-0.15, -0.1) is 0 Å². The lowest BCUT2D eigenvalue weighted by molar-refractivity contribution is 0.185. The number of halogens is 1. The maximum Gasteiger partial charge on any atom is 0.182 e. The zero-order valence-corrected chi connectivity index (χ0v) is 12.5. The van der Waals surface area contributed by atoms with Gasteiger partial charge in [-0.1, -0.05) is 29.8 Å². The topological polar surface area (TPSA) is 29.9 Å². The largest absolute Gasteiger partial charge is 0.380 e. The Labute approximate surface area is 126 Å². The summed E-state index contributed by atoms with van der Waals surface area (Å²) in [5.41, 5.74) is 3.89. The second-order valence-electron chi connectivity index (χ2n) is 4.50. The number of hydrogen-bond donors (Lipinski definition) is 1. The van der Waals surface area contributed by atoms with Gasteiger partial charge in [0.1, 0.15) is 0 Å². The van der Waals surface area contributed by atoms with E-state index in [0.717, 1.165) is 22.3 Å². The number of fused-ring (bicyclic) bond motifs is 1. The van der Waals surface area contributed by atoms with E-state index in [-0.39, 0.29) is 0 Å². The molecule has 0 saturated heterocycles. The first-order valence-electron chi connectivity index (χ1n) is 6.18. The van der Waals surface area contributed by atoms with Crippen molar-refractivity contribution in [2.45, 2.75) is 6.61 Å². The Hall–Kier alpha value is -1.62. The second-order valence-corrected chi connectivity index (χ2v) is 5.30. The summed E-state index contributed by atoms with van der Waals surface area (Å²) in [6, 6.07) is 13.8. The van der Waals surface area contributed by atoms with Crippen LogP contribution < -0.4 is 0 Å². The Balaban J connectivity index is 2.26. The molecule has 0 bridgehead atoms. The van der Waals surface area contributed by atoms with E-state index < -0.39 is 0 Å². The van der Waals surface area contributed by atoms with Gasteiger partial charge in [0.15, 0.2) is 4.77 Å². The van der Waals surface area contributed by atoms with Gasteiger partial charge in [-0.25, -0.2) is 0 Å². The Morgan fingerprint density at radius 1 is 1.25 bits per heavy atom. The molecule has 3 nitrogen and oxygen atoms in total. The maximum absolute atomic E-state index is 6.31. The van der Waals surface area contributed by atoms with Crippen LogP contribution in [0.3, 0.4) is 0 Å². The van der Waals surface area contributed by atoms with Crippen molar-refractivity contribution in [2.75, 3.05) is 7.11 Å². The quantitative estimate of drug-likeness (QED) is 0.723. The summed E-state index contributed by atoms with van der Waals surface area (Å²) in [5.74, 6) is 0. The molecule has 5 heteroatoms. The van der Waals surface area contributed by atoms with Gasteiger partial charge in [0.25, 0.3) is 0 Å². The van der Waals surface area contributed by atoms with E-state index in [1.807, 2.05) is 41.0 Å². The van der Waals surface area contributed by atoms with Crippen LogP contribution in [0.1, 0.15) is 5.56 Å². The summed E-state index contributed by atoms with van der Waals surface area (Å²) in [6.45, 7) is 0.567. The second kappa shape index (κ2) is 5.40. The van der Waals surface area contributed by atoms with Crippen molar-refractivity contribution in [3.63, 3.8) is 0 Å². The number of imidazole rings is 1. The van der Waals surface area contributed by atoms with Gasteiger partial charge in [-0.3, -0.25) is 4.57 Å². The van der Waals surface area contributed by atoms with E-state index in [9.17, 15) is 0 Å². The molecule has 1 N–H and O–H groups in total. The highest BCUT2D eigenvalue weighted by Gasteiger charge is 2.10. The van der Waals surface area contributed by atoms with Crippen LogP contribution in [0.2, 0.25) is 5.02 Å². The first-order chi connectivity index (χ1) is 9.70. The van der Waals surface area contributed by atoms with Gasteiger partial charge in [0, 0.05) is 12.8 Å². The molecule has 0 amide bonds. The van der Waals surface area contributed by atoms with E-state index in [4.69, 9.17) is 28.6 Å². The van der Waals surface area contributed by atoms with Gasteiger partial charge >= 0.3 is 0 Å². The molecule has 0 saturated carbocycles. The first-order valence-corrected chi connectivity index (χ1v) is 6.97. The van der Waals surface area contributed by atoms with Crippen LogP contribution in [0.15, 0.2) is 42.5 Å². The predicted molar refractivity (Wildman–Crippen MR) is 84.2 cm³/mol. The molecule has 3 aromatic rings. The van der Waals surface area contributed by atoms with Gasteiger partial charge in [-0.2, -0.15) is 0 Å². The number of nitrogens with one attached hydrogen (secondary N) is 1. The van der Waals surface area contributed by atoms with Crippen LogP contribution in [0.5, 0.6) is 0 Å². The lowest BCUT2D eigenvalue weighted by Crippen LogP contribution is -1.96.